The molecule has 0 fully saturated rings. The fourth-order valence-electron chi connectivity index (χ4n) is 1.91. The van der Waals surface area contributed by atoms with E-state index in [4.69, 9.17) is 0 Å². The molecule has 1 aromatic heterocycles. The van der Waals surface area contributed by atoms with E-state index >= 15 is 0 Å². The van der Waals surface area contributed by atoms with Crippen LogP contribution in [-0.2, 0) is 6.42 Å². The molecule has 2 aromatic rings. The summed E-state index contributed by atoms with van der Waals surface area (Å²) in [6.45, 7) is 2.79. The van der Waals surface area contributed by atoms with Crippen molar-refractivity contribution < 1.29 is 8.78 Å². The first-order valence-electron chi connectivity index (χ1n) is 5.91. The van der Waals surface area contributed by atoms with Crippen LogP contribution in [0.4, 0.5) is 8.78 Å². The third-order valence-electron chi connectivity index (χ3n) is 2.78. The minimum atomic E-state index is -0.801. The van der Waals surface area contributed by atoms with E-state index in [2.05, 4.69) is 11.4 Å². The average Bonchev–Trinajstić information content (AvgIpc) is 2.85. The third kappa shape index (κ3) is 3.15. The molecule has 0 aliphatic carbocycles. The van der Waals surface area contributed by atoms with Gasteiger partial charge in [-0.05, 0) is 35.7 Å². The fraction of sp³-hybridized carbons (Fsp3) is 0.286. The normalized spacial score (nSPS) is 12.6. The maximum absolute atomic E-state index is 13.3. The van der Waals surface area contributed by atoms with Crippen molar-refractivity contribution in [2.75, 3.05) is 6.54 Å². The molecule has 0 spiro atoms. The summed E-state index contributed by atoms with van der Waals surface area (Å²) in [4.78, 5) is 1.23. The minimum absolute atomic E-state index is 0.0174. The van der Waals surface area contributed by atoms with Gasteiger partial charge in [0.05, 0.1) is 0 Å². The first kappa shape index (κ1) is 13.2. The maximum atomic E-state index is 13.3. The van der Waals surface area contributed by atoms with E-state index in [1.165, 1.54) is 17.0 Å². The quantitative estimate of drug-likeness (QED) is 0.865. The van der Waals surface area contributed by atoms with Gasteiger partial charge >= 0.3 is 0 Å². The van der Waals surface area contributed by atoms with Crippen molar-refractivity contribution in [1.29, 1.82) is 0 Å². The van der Waals surface area contributed by atoms with Gasteiger partial charge in [0.1, 0.15) is 0 Å². The van der Waals surface area contributed by atoms with E-state index in [1.807, 2.05) is 18.4 Å². The summed E-state index contributed by atoms with van der Waals surface area (Å²) in [5.41, 5.74) is 0.782. The summed E-state index contributed by atoms with van der Waals surface area (Å²) in [5, 5.41) is 5.32. The number of hydrogen-bond donors (Lipinski definition) is 1. The van der Waals surface area contributed by atoms with Gasteiger partial charge in [-0.2, -0.15) is 0 Å². The molecule has 0 bridgehead atoms. The monoisotopic (exact) mass is 267 g/mol. The molecular weight excluding hydrogens is 252 g/mol. The molecule has 0 radical (unpaired) electrons. The zero-order valence-corrected chi connectivity index (χ0v) is 10.9. The van der Waals surface area contributed by atoms with Gasteiger partial charge in [-0.3, -0.25) is 0 Å². The van der Waals surface area contributed by atoms with Gasteiger partial charge in [-0.1, -0.05) is 19.1 Å². The highest BCUT2D eigenvalue weighted by molar-refractivity contribution is 7.09. The number of likely N-dealkylation sites (N-methyl/N-ethyl adjacent to an activating group) is 1. The van der Waals surface area contributed by atoms with Gasteiger partial charge in [0.15, 0.2) is 11.6 Å². The van der Waals surface area contributed by atoms with Gasteiger partial charge < -0.3 is 5.32 Å². The molecule has 1 unspecified atom stereocenters. The van der Waals surface area contributed by atoms with Gasteiger partial charge in [-0.25, -0.2) is 8.78 Å². The molecule has 1 heterocycles. The van der Waals surface area contributed by atoms with Crippen LogP contribution in [0.1, 0.15) is 23.4 Å². The van der Waals surface area contributed by atoms with E-state index in [0.29, 0.717) is 0 Å². The molecule has 1 N–H and O–H groups in total. The van der Waals surface area contributed by atoms with Crippen molar-refractivity contribution in [3.63, 3.8) is 0 Å². The van der Waals surface area contributed by atoms with Crippen LogP contribution in [-0.4, -0.2) is 6.54 Å². The second-order valence-corrected chi connectivity index (χ2v) is 5.10. The molecule has 4 heteroatoms. The van der Waals surface area contributed by atoms with E-state index < -0.39 is 11.6 Å². The predicted octanol–water partition coefficient (Wildman–Crippen LogP) is 3.92. The van der Waals surface area contributed by atoms with Crippen LogP contribution in [0.25, 0.3) is 0 Å². The largest absolute Gasteiger partial charge is 0.310 e. The van der Waals surface area contributed by atoms with Crippen molar-refractivity contribution in [2.24, 2.45) is 0 Å². The molecule has 18 heavy (non-hydrogen) atoms. The number of thiophene rings is 1. The first-order chi connectivity index (χ1) is 8.70. The van der Waals surface area contributed by atoms with Crippen LogP contribution >= 0.6 is 11.3 Å². The smallest absolute Gasteiger partial charge is 0.159 e. The van der Waals surface area contributed by atoms with Crippen molar-refractivity contribution in [1.82, 2.24) is 5.32 Å². The number of rotatable bonds is 5. The highest BCUT2D eigenvalue weighted by Crippen LogP contribution is 2.22. The molecule has 2 rings (SSSR count). The van der Waals surface area contributed by atoms with E-state index in [1.54, 1.807) is 17.4 Å². The average molecular weight is 267 g/mol. The van der Waals surface area contributed by atoms with E-state index in [-0.39, 0.29) is 6.04 Å². The Morgan fingerprint density at radius 2 is 2.06 bits per heavy atom. The fourth-order valence-corrected chi connectivity index (χ4v) is 2.67. The predicted molar refractivity (Wildman–Crippen MR) is 70.8 cm³/mol. The highest BCUT2D eigenvalue weighted by atomic mass is 32.1. The summed E-state index contributed by atoms with van der Waals surface area (Å²) >= 11 is 1.67. The van der Waals surface area contributed by atoms with Crippen LogP contribution < -0.4 is 5.32 Å². The number of hydrogen-bond acceptors (Lipinski definition) is 2. The summed E-state index contributed by atoms with van der Waals surface area (Å²) in [6.07, 6.45) is 0.788. The zero-order valence-electron chi connectivity index (χ0n) is 10.1. The second-order valence-electron chi connectivity index (χ2n) is 4.07. The summed E-state index contributed by atoms with van der Waals surface area (Å²) in [6, 6.07) is 8.16. The first-order valence-corrected chi connectivity index (χ1v) is 6.79. The van der Waals surface area contributed by atoms with Crippen LogP contribution in [0.2, 0.25) is 0 Å². The minimum Gasteiger partial charge on any atom is -0.310 e. The number of nitrogens with one attached hydrogen (secondary N) is 1. The second kappa shape index (κ2) is 6.07. The lowest BCUT2D eigenvalue weighted by Gasteiger charge is -2.17. The Labute approximate surface area is 109 Å². The van der Waals surface area contributed by atoms with Crippen LogP contribution in [0.15, 0.2) is 35.7 Å². The standard InChI is InChI=1S/C14H15F2NS/c1-2-17-14(9-11-4-3-7-18-11)10-5-6-12(15)13(16)8-10/h3-8,14,17H,2,9H2,1H3. The Hall–Kier alpha value is -1.26. The van der Waals surface area contributed by atoms with E-state index in [0.717, 1.165) is 18.5 Å². The molecule has 96 valence electrons. The van der Waals surface area contributed by atoms with Gasteiger partial charge in [-0.15, -0.1) is 11.3 Å². The summed E-state index contributed by atoms with van der Waals surface area (Å²) in [5.74, 6) is -1.59. The zero-order chi connectivity index (χ0) is 13.0. The van der Waals surface area contributed by atoms with Crippen LogP contribution in [0, 0.1) is 11.6 Å². The summed E-state index contributed by atoms with van der Waals surface area (Å²) < 4.78 is 26.2. The Morgan fingerprint density at radius 3 is 2.67 bits per heavy atom. The van der Waals surface area contributed by atoms with Gasteiger partial charge in [0.2, 0.25) is 0 Å². The highest BCUT2D eigenvalue weighted by Gasteiger charge is 2.14. The Morgan fingerprint density at radius 1 is 1.22 bits per heavy atom. The molecule has 1 atom stereocenters. The van der Waals surface area contributed by atoms with Gasteiger partial charge in [0, 0.05) is 17.3 Å². The molecule has 0 aliphatic rings. The van der Waals surface area contributed by atoms with Crippen molar-refractivity contribution in [3.8, 4) is 0 Å². The SMILES string of the molecule is CCNC(Cc1cccs1)c1ccc(F)c(F)c1. The third-order valence-corrected chi connectivity index (χ3v) is 3.68. The molecule has 0 aliphatic heterocycles. The molecular formula is C14H15F2NS. The molecule has 0 saturated carbocycles. The Bertz CT molecular complexity index is 497. The Kier molecular flexibility index (Phi) is 4.44. The van der Waals surface area contributed by atoms with Crippen molar-refractivity contribution in [3.05, 3.63) is 57.8 Å². The van der Waals surface area contributed by atoms with Crippen LogP contribution in [0.3, 0.4) is 0 Å². The van der Waals surface area contributed by atoms with E-state index in [9.17, 15) is 8.78 Å². The maximum Gasteiger partial charge on any atom is 0.159 e. The number of benzene rings is 1. The van der Waals surface area contributed by atoms with Crippen LogP contribution in [0.5, 0.6) is 0 Å². The molecule has 1 aromatic carbocycles. The lowest BCUT2D eigenvalue weighted by Crippen LogP contribution is -2.22. The number of halogens is 2. The lowest BCUT2D eigenvalue weighted by atomic mass is 10.0. The van der Waals surface area contributed by atoms with Crippen molar-refractivity contribution in [2.45, 2.75) is 19.4 Å². The van der Waals surface area contributed by atoms with Gasteiger partial charge in [0.25, 0.3) is 0 Å². The molecule has 0 amide bonds. The summed E-state index contributed by atoms with van der Waals surface area (Å²) in [7, 11) is 0. The Balaban J connectivity index is 2.20. The molecule has 1 nitrogen and oxygen atoms in total. The van der Waals surface area contributed by atoms with Crippen molar-refractivity contribution >= 4 is 11.3 Å². The molecule has 0 saturated heterocycles. The topological polar surface area (TPSA) is 12.0 Å². The lowest BCUT2D eigenvalue weighted by molar-refractivity contribution is 0.497.